The summed E-state index contributed by atoms with van der Waals surface area (Å²) < 4.78 is 7.85. The van der Waals surface area contributed by atoms with E-state index in [0.717, 1.165) is 19.0 Å². The highest BCUT2D eigenvalue weighted by molar-refractivity contribution is 7.13. The maximum atomic E-state index is 5.65. The van der Waals surface area contributed by atoms with Gasteiger partial charge in [0, 0.05) is 19.0 Å². The minimum Gasteiger partial charge on any atom is -0.376 e. The van der Waals surface area contributed by atoms with Crippen LogP contribution in [0.3, 0.4) is 0 Å². The van der Waals surface area contributed by atoms with Crippen molar-refractivity contribution in [1.29, 1.82) is 0 Å². The number of aromatic nitrogens is 2. The monoisotopic (exact) mass is 234 g/mol. The lowest BCUT2D eigenvalue weighted by atomic mass is 10.2. The van der Waals surface area contributed by atoms with E-state index in [0.29, 0.717) is 6.10 Å². The summed E-state index contributed by atoms with van der Waals surface area (Å²) in [5.74, 6) is 1.06. The third-order valence-corrected chi connectivity index (χ3v) is 3.75. The van der Waals surface area contributed by atoms with Gasteiger partial charge in [0.1, 0.15) is 5.82 Å². The lowest BCUT2D eigenvalue weighted by Crippen LogP contribution is -2.14. The molecule has 0 aromatic carbocycles. The molecular formula is C12H14N2OS. The van der Waals surface area contributed by atoms with Gasteiger partial charge in [0.15, 0.2) is 0 Å². The lowest BCUT2D eigenvalue weighted by Gasteiger charge is -2.12. The maximum Gasteiger partial charge on any atom is 0.150 e. The van der Waals surface area contributed by atoms with Crippen LogP contribution in [0.5, 0.6) is 0 Å². The molecule has 2 aromatic heterocycles. The quantitative estimate of drug-likeness (QED) is 0.816. The molecule has 0 N–H and O–H groups in total. The van der Waals surface area contributed by atoms with Crippen LogP contribution in [0, 0.1) is 0 Å². The highest BCUT2D eigenvalue weighted by Gasteiger charge is 2.17. The van der Waals surface area contributed by atoms with Gasteiger partial charge in [-0.25, -0.2) is 4.98 Å². The zero-order valence-corrected chi connectivity index (χ0v) is 9.82. The van der Waals surface area contributed by atoms with Gasteiger partial charge in [0.05, 0.1) is 17.5 Å². The Morgan fingerprint density at radius 1 is 1.56 bits per heavy atom. The average molecular weight is 234 g/mol. The van der Waals surface area contributed by atoms with E-state index in [1.807, 2.05) is 12.4 Å². The van der Waals surface area contributed by atoms with E-state index >= 15 is 0 Å². The fourth-order valence-electron chi connectivity index (χ4n) is 2.10. The third kappa shape index (κ3) is 1.90. The van der Waals surface area contributed by atoms with Crippen molar-refractivity contribution in [3.05, 3.63) is 29.9 Å². The topological polar surface area (TPSA) is 27.1 Å². The van der Waals surface area contributed by atoms with Gasteiger partial charge in [0.2, 0.25) is 0 Å². The van der Waals surface area contributed by atoms with Crippen molar-refractivity contribution < 1.29 is 4.74 Å². The van der Waals surface area contributed by atoms with E-state index in [-0.39, 0.29) is 0 Å². The molecule has 0 spiro atoms. The second kappa shape index (κ2) is 4.39. The molecule has 3 rings (SSSR count). The summed E-state index contributed by atoms with van der Waals surface area (Å²) in [5.41, 5.74) is 0. The fraction of sp³-hybridized carbons (Fsp3) is 0.417. The molecule has 3 nitrogen and oxygen atoms in total. The molecule has 1 atom stereocenters. The standard InChI is InChI=1S/C12H14N2OS/c1-3-10(15-7-1)9-14-6-5-13-12(14)11-4-2-8-16-11/h2,4-6,8,10H,1,3,7,9H2. The molecule has 2 aromatic rings. The first-order valence-electron chi connectivity index (χ1n) is 5.60. The molecule has 1 aliphatic rings. The van der Waals surface area contributed by atoms with Crippen molar-refractivity contribution in [2.24, 2.45) is 0 Å². The number of nitrogens with zero attached hydrogens (tertiary/aromatic N) is 2. The summed E-state index contributed by atoms with van der Waals surface area (Å²) in [6.45, 7) is 1.83. The van der Waals surface area contributed by atoms with Gasteiger partial charge in [0.25, 0.3) is 0 Å². The normalized spacial score (nSPS) is 20.4. The van der Waals surface area contributed by atoms with Gasteiger partial charge in [-0.05, 0) is 24.3 Å². The predicted octanol–water partition coefficient (Wildman–Crippen LogP) is 2.79. The molecule has 16 heavy (non-hydrogen) atoms. The number of thiophene rings is 1. The summed E-state index contributed by atoms with van der Waals surface area (Å²) in [7, 11) is 0. The summed E-state index contributed by atoms with van der Waals surface area (Å²) in [6.07, 6.45) is 6.63. The van der Waals surface area contributed by atoms with Crippen molar-refractivity contribution in [1.82, 2.24) is 9.55 Å². The molecule has 0 saturated carbocycles. The smallest absolute Gasteiger partial charge is 0.150 e. The number of rotatable bonds is 3. The van der Waals surface area contributed by atoms with Crippen molar-refractivity contribution in [2.75, 3.05) is 6.61 Å². The zero-order chi connectivity index (χ0) is 10.8. The van der Waals surface area contributed by atoms with E-state index in [9.17, 15) is 0 Å². The van der Waals surface area contributed by atoms with Crippen LogP contribution in [0.1, 0.15) is 12.8 Å². The summed E-state index contributed by atoms with van der Waals surface area (Å²) in [4.78, 5) is 5.64. The van der Waals surface area contributed by atoms with Crippen molar-refractivity contribution in [3.8, 4) is 10.7 Å². The molecule has 1 fully saturated rings. The zero-order valence-electron chi connectivity index (χ0n) is 9.00. The molecule has 4 heteroatoms. The van der Waals surface area contributed by atoms with E-state index < -0.39 is 0 Å². The van der Waals surface area contributed by atoms with E-state index in [2.05, 4.69) is 27.1 Å². The SMILES string of the molecule is c1csc(-c2nccn2CC2CCCO2)c1. The molecule has 1 aliphatic heterocycles. The molecule has 1 saturated heterocycles. The van der Waals surface area contributed by atoms with E-state index in [4.69, 9.17) is 4.74 Å². The Hall–Kier alpha value is -1.13. The fourth-order valence-corrected chi connectivity index (χ4v) is 2.83. The first-order chi connectivity index (χ1) is 7.93. The minimum absolute atomic E-state index is 0.368. The highest BCUT2D eigenvalue weighted by Crippen LogP contribution is 2.24. The highest BCUT2D eigenvalue weighted by atomic mass is 32.1. The van der Waals surface area contributed by atoms with Crippen LogP contribution in [0.2, 0.25) is 0 Å². The Kier molecular flexibility index (Phi) is 2.76. The van der Waals surface area contributed by atoms with Crippen LogP contribution in [0.25, 0.3) is 10.7 Å². The molecule has 1 unspecified atom stereocenters. The average Bonchev–Trinajstić information content (AvgIpc) is 2.98. The molecule has 0 bridgehead atoms. The molecule has 84 valence electrons. The van der Waals surface area contributed by atoms with Crippen LogP contribution in [-0.2, 0) is 11.3 Å². The Labute approximate surface area is 98.7 Å². The molecule has 0 aliphatic carbocycles. The molecule has 0 amide bonds. The molecular weight excluding hydrogens is 220 g/mol. The van der Waals surface area contributed by atoms with E-state index in [1.165, 1.54) is 17.7 Å². The number of imidazole rings is 1. The summed E-state index contributed by atoms with van der Waals surface area (Å²) in [5, 5.41) is 2.08. The van der Waals surface area contributed by atoms with Crippen LogP contribution in [0.4, 0.5) is 0 Å². The molecule has 0 radical (unpaired) electrons. The first kappa shape index (κ1) is 10.1. The minimum atomic E-state index is 0.368. The summed E-state index contributed by atoms with van der Waals surface area (Å²) >= 11 is 1.73. The maximum absolute atomic E-state index is 5.65. The van der Waals surface area contributed by atoms with Gasteiger partial charge < -0.3 is 9.30 Å². The van der Waals surface area contributed by atoms with Crippen molar-refractivity contribution >= 4 is 11.3 Å². The van der Waals surface area contributed by atoms with Crippen molar-refractivity contribution in [2.45, 2.75) is 25.5 Å². The van der Waals surface area contributed by atoms with Crippen LogP contribution >= 0.6 is 11.3 Å². The van der Waals surface area contributed by atoms with Crippen molar-refractivity contribution in [3.63, 3.8) is 0 Å². The van der Waals surface area contributed by atoms with Gasteiger partial charge in [-0.15, -0.1) is 11.3 Å². The first-order valence-corrected chi connectivity index (χ1v) is 6.48. The molecule has 3 heterocycles. The predicted molar refractivity (Wildman–Crippen MR) is 64.5 cm³/mol. The number of hydrogen-bond acceptors (Lipinski definition) is 3. The second-order valence-corrected chi connectivity index (χ2v) is 4.96. The van der Waals surface area contributed by atoms with Crippen LogP contribution < -0.4 is 0 Å². The van der Waals surface area contributed by atoms with Gasteiger partial charge >= 0.3 is 0 Å². The van der Waals surface area contributed by atoms with Crippen LogP contribution in [0.15, 0.2) is 29.9 Å². The number of hydrogen-bond donors (Lipinski definition) is 0. The van der Waals surface area contributed by atoms with Crippen LogP contribution in [-0.4, -0.2) is 22.3 Å². The summed E-state index contributed by atoms with van der Waals surface area (Å²) in [6, 6.07) is 4.17. The second-order valence-electron chi connectivity index (χ2n) is 4.02. The van der Waals surface area contributed by atoms with Gasteiger partial charge in [-0.1, -0.05) is 6.07 Å². The Balaban J connectivity index is 1.82. The van der Waals surface area contributed by atoms with Gasteiger partial charge in [-0.2, -0.15) is 0 Å². The largest absolute Gasteiger partial charge is 0.376 e. The lowest BCUT2D eigenvalue weighted by molar-refractivity contribution is 0.0974. The van der Waals surface area contributed by atoms with Gasteiger partial charge in [-0.3, -0.25) is 0 Å². The Bertz CT molecular complexity index is 443. The number of ether oxygens (including phenoxy) is 1. The van der Waals surface area contributed by atoms with E-state index in [1.54, 1.807) is 11.3 Å². The third-order valence-electron chi connectivity index (χ3n) is 2.88. The Morgan fingerprint density at radius 3 is 3.31 bits per heavy atom. The Morgan fingerprint density at radius 2 is 2.56 bits per heavy atom.